The molecule has 2 heterocycles. The Labute approximate surface area is 194 Å². The third-order valence-electron chi connectivity index (χ3n) is 5.17. The highest BCUT2D eigenvalue weighted by Crippen LogP contribution is 2.21. The Morgan fingerprint density at radius 1 is 1.00 bits per heavy atom. The molecule has 0 saturated carbocycles. The molecule has 4 rings (SSSR count). The van der Waals surface area contributed by atoms with E-state index < -0.39 is 10.0 Å². The zero-order valence-electron chi connectivity index (χ0n) is 17.5. The SMILES string of the molecule is C=CCS(=O)(=O)n1ccc2cc(CN3CCN(C)CC3)ccc21.Clc1ccccc1Cl. The van der Waals surface area contributed by atoms with E-state index in [1.807, 2.05) is 30.3 Å². The molecule has 1 aliphatic heterocycles. The maximum atomic E-state index is 12.2. The van der Waals surface area contributed by atoms with Gasteiger partial charge in [0.05, 0.1) is 21.3 Å². The summed E-state index contributed by atoms with van der Waals surface area (Å²) in [6.45, 7) is 8.77. The maximum absolute atomic E-state index is 12.2. The number of hydrogen-bond acceptors (Lipinski definition) is 4. The minimum atomic E-state index is -3.36. The van der Waals surface area contributed by atoms with Crippen molar-refractivity contribution in [1.82, 2.24) is 13.8 Å². The van der Waals surface area contributed by atoms with Crippen LogP contribution in [0.15, 0.2) is 67.4 Å². The molecular weight excluding hydrogens is 453 g/mol. The van der Waals surface area contributed by atoms with E-state index in [1.165, 1.54) is 15.6 Å². The molecule has 5 nitrogen and oxygen atoms in total. The maximum Gasteiger partial charge on any atom is 0.242 e. The molecule has 0 aliphatic carbocycles. The van der Waals surface area contributed by atoms with Gasteiger partial charge in [-0.2, -0.15) is 0 Å². The predicted octanol–water partition coefficient (Wildman–Crippen LogP) is 4.75. The van der Waals surface area contributed by atoms with Crippen LogP contribution in [0.1, 0.15) is 5.56 Å². The van der Waals surface area contributed by atoms with Gasteiger partial charge in [-0.05, 0) is 42.9 Å². The summed E-state index contributed by atoms with van der Waals surface area (Å²) in [6.07, 6.45) is 3.05. The van der Waals surface area contributed by atoms with E-state index in [-0.39, 0.29) is 5.75 Å². The fourth-order valence-corrected chi connectivity index (χ4v) is 4.88. The number of nitrogens with zero attached hydrogens (tertiary/aromatic N) is 3. The average molecular weight is 480 g/mol. The summed E-state index contributed by atoms with van der Waals surface area (Å²) in [6, 6.07) is 15.1. The molecule has 1 fully saturated rings. The molecule has 31 heavy (non-hydrogen) atoms. The predicted molar refractivity (Wildman–Crippen MR) is 131 cm³/mol. The number of piperazine rings is 1. The van der Waals surface area contributed by atoms with Crippen LogP contribution in [0.5, 0.6) is 0 Å². The van der Waals surface area contributed by atoms with Gasteiger partial charge < -0.3 is 4.90 Å². The number of benzene rings is 2. The average Bonchev–Trinajstić information content (AvgIpc) is 3.17. The van der Waals surface area contributed by atoms with E-state index in [0.717, 1.165) is 43.6 Å². The fourth-order valence-electron chi connectivity index (χ4n) is 3.44. The summed E-state index contributed by atoms with van der Waals surface area (Å²) < 4.78 is 25.8. The molecule has 1 aromatic heterocycles. The van der Waals surface area contributed by atoms with Crippen LogP contribution >= 0.6 is 23.2 Å². The van der Waals surface area contributed by atoms with E-state index in [9.17, 15) is 8.42 Å². The Morgan fingerprint density at radius 2 is 1.65 bits per heavy atom. The van der Waals surface area contributed by atoms with Crippen molar-refractivity contribution in [2.75, 3.05) is 39.0 Å². The number of fused-ring (bicyclic) bond motifs is 1. The molecule has 1 aliphatic rings. The lowest BCUT2D eigenvalue weighted by atomic mass is 10.1. The molecule has 0 atom stereocenters. The Hall–Kier alpha value is -1.83. The summed E-state index contributed by atoms with van der Waals surface area (Å²) in [7, 11) is -1.21. The summed E-state index contributed by atoms with van der Waals surface area (Å²) in [5.74, 6) is -0.0557. The first-order valence-electron chi connectivity index (χ1n) is 10.1. The lowest BCUT2D eigenvalue weighted by Crippen LogP contribution is -2.43. The van der Waals surface area contributed by atoms with Crippen molar-refractivity contribution in [2.45, 2.75) is 6.54 Å². The first kappa shape index (κ1) is 23.8. The van der Waals surface area contributed by atoms with Crippen LogP contribution < -0.4 is 0 Å². The van der Waals surface area contributed by atoms with E-state index in [0.29, 0.717) is 10.0 Å². The normalized spacial score (nSPS) is 15.5. The first-order valence-corrected chi connectivity index (χ1v) is 12.4. The Morgan fingerprint density at radius 3 is 2.23 bits per heavy atom. The largest absolute Gasteiger partial charge is 0.304 e. The smallest absolute Gasteiger partial charge is 0.242 e. The quantitative estimate of drug-likeness (QED) is 0.495. The lowest BCUT2D eigenvalue weighted by Gasteiger charge is -2.32. The monoisotopic (exact) mass is 479 g/mol. The zero-order valence-corrected chi connectivity index (χ0v) is 19.9. The third-order valence-corrected chi connectivity index (χ3v) is 7.50. The molecule has 0 spiro atoms. The molecule has 3 aromatic rings. The van der Waals surface area contributed by atoms with Crippen LogP contribution in [-0.4, -0.2) is 61.2 Å². The second-order valence-electron chi connectivity index (χ2n) is 7.57. The molecule has 2 aromatic carbocycles. The van der Waals surface area contributed by atoms with Crippen molar-refractivity contribution in [3.8, 4) is 0 Å². The van der Waals surface area contributed by atoms with Gasteiger partial charge in [0.25, 0.3) is 0 Å². The number of halogens is 2. The molecule has 0 unspecified atom stereocenters. The molecule has 8 heteroatoms. The van der Waals surface area contributed by atoms with Gasteiger partial charge in [0.1, 0.15) is 0 Å². The van der Waals surface area contributed by atoms with Gasteiger partial charge in [0.2, 0.25) is 10.0 Å². The van der Waals surface area contributed by atoms with E-state index in [4.69, 9.17) is 23.2 Å². The van der Waals surface area contributed by atoms with Crippen LogP contribution in [-0.2, 0) is 16.6 Å². The first-order chi connectivity index (χ1) is 14.8. The van der Waals surface area contributed by atoms with Crippen molar-refractivity contribution in [1.29, 1.82) is 0 Å². The van der Waals surface area contributed by atoms with Crippen molar-refractivity contribution in [2.24, 2.45) is 0 Å². The highest BCUT2D eigenvalue weighted by Gasteiger charge is 2.16. The number of rotatable bonds is 5. The van der Waals surface area contributed by atoms with Crippen molar-refractivity contribution in [3.63, 3.8) is 0 Å². The van der Waals surface area contributed by atoms with Crippen LogP contribution in [0.2, 0.25) is 10.0 Å². The van der Waals surface area contributed by atoms with Crippen LogP contribution in [0.4, 0.5) is 0 Å². The topological polar surface area (TPSA) is 45.6 Å². The van der Waals surface area contributed by atoms with Crippen molar-refractivity contribution >= 4 is 44.1 Å². The summed E-state index contributed by atoms with van der Waals surface area (Å²) in [5.41, 5.74) is 1.95. The van der Waals surface area contributed by atoms with Crippen molar-refractivity contribution in [3.05, 3.63) is 83.0 Å². The summed E-state index contributed by atoms with van der Waals surface area (Å²) >= 11 is 11.2. The number of hydrogen-bond donors (Lipinski definition) is 0. The van der Waals surface area contributed by atoms with E-state index in [1.54, 1.807) is 18.3 Å². The van der Waals surface area contributed by atoms with Gasteiger partial charge in [-0.3, -0.25) is 4.90 Å². The number of likely N-dealkylation sites (N-methyl/N-ethyl adjacent to an activating group) is 1. The standard InChI is InChI=1S/C17H23N3O2S.C6H4Cl2/c1-3-12-23(21,22)20-7-6-16-13-15(4-5-17(16)20)14-19-10-8-18(2)9-11-19;7-5-3-1-2-4-6(5)8/h3-7,13H,1,8-12,14H2,2H3;1-4H. The van der Waals surface area contributed by atoms with Gasteiger partial charge in [0.15, 0.2) is 0 Å². The van der Waals surface area contributed by atoms with Crippen LogP contribution in [0.25, 0.3) is 10.9 Å². The van der Waals surface area contributed by atoms with Gasteiger partial charge >= 0.3 is 0 Å². The number of aromatic nitrogens is 1. The molecule has 1 saturated heterocycles. The molecular formula is C23H27Cl2N3O2S. The highest BCUT2D eigenvalue weighted by molar-refractivity contribution is 7.90. The van der Waals surface area contributed by atoms with Gasteiger partial charge in [-0.25, -0.2) is 12.4 Å². The van der Waals surface area contributed by atoms with Gasteiger partial charge in [0, 0.05) is 44.3 Å². The Balaban J connectivity index is 0.000000287. The van der Waals surface area contributed by atoms with Crippen LogP contribution in [0.3, 0.4) is 0 Å². The zero-order chi connectivity index (χ0) is 22.4. The molecule has 0 radical (unpaired) electrons. The van der Waals surface area contributed by atoms with E-state index in [2.05, 4.69) is 29.5 Å². The lowest BCUT2D eigenvalue weighted by molar-refractivity contribution is 0.148. The second kappa shape index (κ2) is 10.7. The second-order valence-corrected chi connectivity index (χ2v) is 10.3. The summed E-state index contributed by atoms with van der Waals surface area (Å²) in [4.78, 5) is 4.77. The third kappa shape index (κ3) is 6.34. The van der Waals surface area contributed by atoms with Gasteiger partial charge in [-0.1, -0.05) is 47.5 Å². The molecule has 0 amide bonds. The minimum absolute atomic E-state index is 0.0557. The molecule has 166 valence electrons. The highest BCUT2D eigenvalue weighted by atomic mass is 35.5. The van der Waals surface area contributed by atoms with Crippen molar-refractivity contribution < 1.29 is 8.42 Å². The minimum Gasteiger partial charge on any atom is -0.304 e. The molecule has 0 N–H and O–H groups in total. The summed E-state index contributed by atoms with van der Waals surface area (Å²) in [5, 5.41) is 2.17. The van der Waals surface area contributed by atoms with E-state index >= 15 is 0 Å². The fraction of sp³-hybridized carbons (Fsp3) is 0.304. The van der Waals surface area contributed by atoms with Gasteiger partial charge in [-0.15, -0.1) is 6.58 Å². The molecule has 0 bridgehead atoms. The van der Waals surface area contributed by atoms with Crippen LogP contribution in [0, 0.1) is 0 Å². The Kier molecular flexibility index (Phi) is 8.19. The Bertz CT molecular complexity index is 1120.